The molecule has 8 nitrogen and oxygen atoms in total. The molecule has 1 heterocycles. The Morgan fingerprint density at radius 1 is 1.07 bits per heavy atom. The van der Waals surface area contributed by atoms with Crippen molar-refractivity contribution in [1.82, 2.24) is 19.8 Å². The van der Waals surface area contributed by atoms with Gasteiger partial charge in [0.2, 0.25) is 5.91 Å². The third kappa shape index (κ3) is 5.97. The molecule has 0 unspecified atom stereocenters. The maximum Gasteiger partial charge on any atom is 0.511 e. The minimum absolute atomic E-state index is 0.0453. The van der Waals surface area contributed by atoms with Gasteiger partial charge < -0.3 is 15.5 Å². The van der Waals surface area contributed by atoms with Gasteiger partial charge in [0.05, 0.1) is 0 Å². The number of guanidine groups is 1. The average Bonchev–Trinajstić information content (AvgIpc) is 3.11. The highest BCUT2D eigenvalue weighted by Gasteiger charge is 2.50. The molecule has 0 spiro atoms. The number of halogens is 3. The van der Waals surface area contributed by atoms with E-state index in [4.69, 9.17) is 0 Å². The molecule has 0 atom stereocenters. The van der Waals surface area contributed by atoms with E-state index in [1.165, 1.54) is 4.90 Å². The van der Waals surface area contributed by atoms with Crippen LogP contribution >= 0.6 is 0 Å². The van der Waals surface area contributed by atoms with Gasteiger partial charge in [-0.15, -0.1) is 0 Å². The Kier molecular flexibility index (Phi) is 7.54. The maximum absolute atomic E-state index is 12.7. The fourth-order valence-electron chi connectivity index (χ4n) is 3.26. The van der Waals surface area contributed by atoms with Gasteiger partial charge in [0, 0.05) is 39.3 Å². The van der Waals surface area contributed by atoms with Gasteiger partial charge in [-0.05, 0) is 25.7 Å². The topological polar surface area (TPSA) is 94.1 Å². The number of alkyl halides is 3. The zero-order valence-electron chi connectivity index (χ0n) is 16.1. The van der Waals surface area contributed by atoms with Crippen LogP contribution in [0.25, 0.3) is 0 Å². The van der Waals surface area contributed by atoms with Crippen LogP contribution in [-0.2, 0) is 14.8 Å². The molecule has 12 heteroatoms. The van der Waals surface area contributed by atoms with Gasteiger partial charge in [-0.25, -0.2) is 13.4 Å². The molecular weight excluding hydrogens is 399 g/mol. The number of hydrogen-bond donors (Lipinski definition) is 2. The predicted octanol–water partition coefficient (Wildman–Crippen LogP) is 0.866. The normalized spacial score (nSPS) is 21.0. The molecule has 2 rings (SSSR count). The van der Waals surface area contributed by atoms with Gasteiger partial charge in [0.25, 0.3) is 0 Å². The van der Waals surface area contributed by atoms with Gasteiger partial charge >= 0.3 is 15.5 Å². The first kappa shape index (κ1) is 22.7. The number of aliphatic imine (C=N–C) groups is 1. The maximum atomic E-state index is 12.7. The monoisotopic (exact) mass is 427 g/mol. The van der Waals surface area contributed by atoms with Crippen LogP contribution in [0, 0.1) is 0 Å². The third-order valence-corrected chi connectivity index (χ3v) is 6.62. The molecular formula is C16H28F3N5O3S. The van der Waals surface area contributed by atoms with E-state index in [-0.39, 0.29) is 50.5 Å². The van der Waals surface area contributed by atoms with E-state index in [2.05, 4.69) is 15.6 Å². The second-order valence-electron chi connectivity index (χ2n) is 7.35. The van der Waals surface area contributed by atoms with Crippen LogP contribution < -0.4 is 10.6 Å². The van der Waals surface area contributed by atoms with Crippen LogP contribution in [0.5, 0.6) is 0 Å². The summed E-state index contributed by atoms with van der Waals surface area (Å²) >= 11 is 0. The summed E-state index contributed by atoms with van der Waals surface area (Å²) in [5.74, 6) is 0.276. The van der Waals surface area contributed by atoms with Crippen molar-refractivity contribution in [2.45, 2.75) is 56.1 Å². The first-order chi connectivity index (χ1) is 13.0. The van der Waals surface area contributed by atoms with Gasteiger partial charge in [0.1, 0.15) is 6.54 Å². The Morgan fingerprint density at radius 2 is 1.57 bits per heavy atom. The molecule has 0 radical (unpaired) electrons. The Balaban J connectivity index is 1.96. The van der Waals surface area contributed by atoms with Crippen molar-refractivity contribution in [2.75, 3.05) is 33.7 Å². The number of carbonyl (C=O) groups is 1. The summed E-state index contributed by atoms with van der Waals surface area (Å²) in [6.07, 6.45) is 4.64. The van der Waals surface area contributed by atoms with Crippen molar-refractivity contribution in [3.8, 4) is 0 Å². The third-order valence-electron chi connectivity index (χ3n) is 4.99. The number of likely N-dealkylation sites (N-methyl/N-ethyl adjacent to an activating group) is 1. The molecule has 2 aliphatic rings. The number of amides is 1. The fraction of sp³-hybridized carbons (Fsp3) is 0.875. The first-order valence-corrected chi connectivity index (χ1v) is 10.8. The van der Waals surface area contributed by atoms with Crippen molar-refractivity contribution in [2.24, 2.45) is 4.99 Å². The van der Waals surface area contributed by atoms with Crippen LogP contribution in [-0.4, -0.2) is 80.8 Å². The van der Waals surface area contributed by atoms with Gasteiger partial charge in [-0.2, -0.15) is 17.5 Å². The number of piperidine rings is 1. The van der Waals surface area contributed by atoms with E-state index in [1.54, 1.807) is 14.1 Å². The van der Waals surface area contributed by atoms with Crippen LogP contribution in [0.2, 0.25) is 0 Å². The van der Waals surface area contributed by atoms with Crippen molar-refractivity contribution < 1.29 is 26.4 Å². The summed E-state index contributed by atoms with van der Waals surface area (Å²) in [5, 5.41) is 6.43. The molecule has 28 heavy (non-hydrogen) atoms. The van der Waals surface area contributed by atoms with Gasteiger partial charge in [-0.1, -0.05) is 12.8 Å². The summed E-state index contributed by atoms with van der Waals surface area (Å²) in [6, 6.07) is 0.0215. The summed E-state index contributed by atoms with van der Waals surface area (Å²) in [5.41, 5.74) is -5.28. The summed E-state index contributed by atoms with van der Waals surface area (Å²) in [6.45, 7) is -0.476. The molecule has 162 valence electrons. The number of carbonyl (C=O) groups excluding carboxylic acids is 1. The van der Waals surface area contributed by atoms with E-state index in [1.807, 2.05) is 0 Å². The predicted molar refractivity (Wildman–Crippen MR) is 99.1 cm³/mol. The standard InChI is InChI=1S/C16H28F3N5O3S/c1-23(2)14(25)11-20-15(21-12-5-3-4-6-12)22-13-7-9-24(10-8-13)28(26,27)16(17,18)19/h12-13H,3-11H2,1-2H3,(H2,20,21,22). The van der Waals surface area contributed by atoms with Crippen LogP contribution in [0.1, 0.15) is 38.5 Å². The van der Waals surface area contributed by atoms with Crippen molar-refractivity contribution in [3.05, 3.63) is 0 Å². The van der Waals surface area contributed by atoms with Gasteiger partial charge in [-0.3, -0.25) is 4.79 Å². The molecule has 0 aromatic rings. The number of nitrogens with one attached hydrogen (secondary N) is 2. The van der Waals surface area contributed by atoms with Crippen molar-refractivity contribution in [1.29, 1.82) is 0 Å². The minimum atomic E-state index is -5.29. The zero-order valence-corrected chi connectivity index (χ0v) is 16.9. The van der Waals surface area contributed by atoms with E-state index in [0.29, 0.717) is 10.3 Å². The number of rotatable bonds is 5. The quantitative estimate of drug-likeness (QED) is 0.502. The Morgan fingerprint density at radius 3 is 2.04 bits per heavy atom. The molecule has 2 N–H and O–H groups in total. The lowest BCUT2D eigenvalue weighted by Gasteiger charge is -2.33. The van der Waals surface area contributed by atoms with Crippen molar-refractivity contribution >= 4 is 21.9 Å². The lowest BCUT2D eigenvalue weighted by molar-refractivity contribution is -0.127. The molecule has 1 amide bonds. The zero-order chi connectivity index (χ0) is 20.9. The summed E-state index contributed by atoms with van der Waals surface area (Å²) in [4.78, 5) is 17.5. The summed E-state index contributed by atoms with van der Waals surface area (Å²) < 4.78 is 61.5. The molecule has 0 aromatic carbocycles. The van der Waals surface area contributed by atoms with Crippen LogP contribution in [0.15, 0.2) is 4.99 Å². The van der Waals surface area contributed by atoms with Crippen molar-refractivity contribution in [3.63, 3.8) is 0 Å². The molecule has 1 saturated heterocycles. The molecule has 0 bridgehead atoms. The lowest BCUT2D eigenvalue weighted by Crippen LogP contribution is -2.53. The van der Waals surface area contributed by atoms with Gasteiger partial charge in [0.15, 0.2) is 5.96 Å². The Hall–Kier alpha value is -1.56. The SMILES string of the molecule is CN(C)C(=O)CN=C(NC1CCCC1)NC1CCN(S(=O)(=O)C(F)(F)F)CC1. The van der Waals surface area contributed by atoms with E-state index >= 15 is 0 Å². The second kappa shape index (κ2) is 9.29. The first-order valence-electron chi connectivity index (χ1n) is 9.35. The smallest absolute Gasteiger partial charge is 0.354 e. The van der Waals surface area contributed by atoms with Crippen LogP contribution in [0.3, 0.4) is 0 Å². The second-order valence-corrected chi connectivity index (χ2v) is 9.28. The fourth-order valence-corrected chi connectivity index (χ4v) is 4.25. The molecule has 0 aromatic heterocycles. The van der Waals surface area contributed by atoms with E-state index in [0.717, 1.165) is 25.7 Å². The Bertz CT molecular complexity index is 668. The molecule has 1 saturated carbocycles. The molecule has 1 aliphatic carbocycles. The van der Waals surface area contributed by atoms with Crippen LogP contribution in [0.4, 0.5) is 13.2 Å². The number of hydrogen-bond acceptors (Lipinski definition) is 4. The highest BCUT2D eigenvalue weighted by atomic mass is 32.2. The highest BCUT2D eigenvalue weighted by molar-refractivity contribution is 7.90. The Labute approximate surface area is 163 Å². The van der Waals surface area contributed by atoms with E-state index < -0.39 is 15.5 Å². The number of nitrogens with zero attached hydrogens (tertiary/aromatic N) is 3. The lowest BCUT2D eigenvalue weighted by atomic mass is 10.1. The molecule has 2 fully saturated rings. The highest BCUT2D eigenvalue weighted by Crippen LogP contribution is 2.29. The largest absolute Gasteiger partial charge is 0.511 e. The molecule has 1 aliphatic heterocycles. The summed E-state index contributed by atoms with van der Waals surface area (Å²) in [7, 11) is -2.03. The van der Waals surface area contributed by atoms with E-state index in [9.17, 15) is 26.4 Å². The average molecular weight is 427 g/mol. The minimum Gasteiger partial charge on any atom is -0.354 e. The number of sulfonamides is 1.